The molecule has 7 heteroatoms. The minimum Gasteiger partial charge on any atom is -0.508 e. The number of nitrogens with one attached hydrogen (secondary N) is 1. The zero-order chi connectivity index (χ0) is 15.6. The van der Waals surface area contributed by atoms with E-state index >= 15 is 0 Å². The predicted molar refractivity (Wildman–Crippen MR) is 80.1 cm³/mol. The number of hydrogen-bond donors (Lipinski definition) is 2. The maximum atomic E-state index is 12.7. The third-order valence-corrected chi connectivity index (χ3v) is 5.01. The van der Waals surface area contributed by atoms with Crippen LogP contribution in [-0.2, 0) is 10.0 Å². The highest BCUT2D eigenvalue weighted by molar-refractivity contribution is 7.92. The largest absolute Gasteiger partial charge is 0.508 e. The molecule has 1 heterocycles. The van der Waals surface area contributed by atoms with Crippen LogP contribution >= 0.6 is 0 Å². The van der Waals surface area contributed by atoms with Crippen molar-refractivity contribution in [2.24, 2.45) is 0 Å². The van der Waals surface area contributed by atoms with Crippen LogP contribution in [0.4, 0.5) is 5.69 Å². The van der Waals surface area contributed by atoms with Crippen LogP contribution in [0.3, 0.4) is 0 Å². The fourth-order valence-corrected chi connectivity index (χ4v) is 3.63. The van der Waals surface area contributed by atoms with Gasteiger partial charge in [-0.1, -0.05) is 6.07 Å². The Morgan fingerprint density at radius 2 is 2.00 bits per heavy atom. The molecule has 2 rings (SSSR count). The Hall–Kier alpha value is -2.28. The van der Waals surface area contributed by atoms with E-state index in [0.717, 1.165) is 10.4 Å². The highest BCUT2D eigenvalue weighted by Crippen LogP contribution is 2.28. The Kier molecular flexibility index (Phi) is 4.04. The van der Waals surface area contributed by atoms with E-state index < -0.39 is 15.5 Å². The summed E-state index contributed by atoms with van der Waals surface area (Å²) in [5.74, 6) is -0.0359. The lowest BCUT2D eigenvalue weighted by molar-refractivity contribution is 0.475. The highest BCUT2D eigenvalue weighted by Gasteiger charge is 2.27. The minimum absolute atomic E-state index is 0.0359. The van der Waals surface area contributed by atoms with Crippen molar-refractivity contribution in [2.45, 2.75) is 18.7 Å². The third-order valence-electron chi connectivity index (χ3n) is 3.10. The zero-order valence-electron chi connectivity index (χ0n) is 11.7. The standard InChI is InChI=1S/C14H16N2O4S/c1-3-16(12-8-11(17)5-4-10(12)2)21(19,20)14-9-15-7-6-13(14)18/h4-9,17H,3H2,1-2H3,(H,15,18). The lowest BCUT2D eigenvalue weighted by atomic mass is 10.2. The Balaban J connectivity index is 2.63. The molecule has 6 nitrogen and oxygen atoms in total. The van der Waals surface area contributed by atoms with Crippen LogP contribution in [0.1, 0.15) is 12.5 Å². The second-order valence-corrected chi connectivity index (χ2v) is 6.34. The Morgan fingerprint density at radius 1 is 1.29 bits per heavy atom. The van der Waals surface area contributed by atoms with Gasteiger partial charge in [0, 0.05) is 31.1 Å². The Bertz CT molecular complexity index is 812. The SMILES string of the molecule is CCN(c1cc(O)ccc1C)S(=O)(=O)c1c[nH]ccc1=O. The average Bonchev–Trinajstić information content (AvgIpc) is 2.43. The number of aromatic hydroxyl groups is 1. The number of nitrogens with zero attached hydrogens (tertiary/aromatic N) is 1. The summed E-state index contributed by atoms with van der Waals surface area (Å²) in [6.45, 7) is 3.54. The van der Waals surface area contributed by atoms with E-state index in [4.69, 9.17) is 0 Å². The van der Waals surface area contributed by atoms with Gasteiger partial charge >= 0.3 is 0 Å². The number of pyridine rings is 1. The summed E-state index contributed by atoms with van der Waals surface area (Å²) in [7, 11) is -4.00. The summed E-state index contributed by atoms with van der Waals surface area (Å²) >= 11 is 0. The number of anilines is 1. The molecule has 0 saturated heterocycles. The van der Waals surface area contributed by atoms with Crippen molar-refractivity contribution >= 4 is 15.7 Å². The first-order chi connectivity index (χ1) is 9.87. The monoisotopic (exact) mass is 308 g/mol. The molecule has 0 aliphatic carbocycles. The Morgan fingerprint density at radius 3 is 2.62 bits per heavy atom. The molecule has 21 heavy (non-hydrogen) atoms. The van der Waals surface area contributed by atoms with Crippen molar-refractivity contribution in [1.82, 2.24) is 4.98 Å². The molecule has 0 spiro atoms. The quantitative estimate of drug-likeness (QED) is 0.897. The number of benzene rings is 1. The lowest BCUT2D eigenvalue weighted by Gasteiger charge is -2.24. The lowest BCUT2D eigenvalue weighted by Crippen LogP contribution is -2.34. The number of H-pyrrole nitrogens is 1. The van der Waals surface area contributed by atoms with E-state index in [1.54, 1.807) is 19.9 Å². The van der Waals surface area contributed by atoms with Crippen molar-refractivity contribution in [1.29, 1.82) is 0 Å². The van der Waals surface area contributed by atoms with E-state index in [0.29, 0.717) is 11.3 Å². The van der Waals surface area contributed by atoms with Gasteiger partial charge in [-0.15, -0.1) is 0 Å². The van der Waals surface area contributed by atoms with Crippen molar-refractivity contribution in [2.75, 3.05) is 10.8 Å². The van der Waals surface area contributed by atoms with Crippen molar-refractivity contribution in [3.05, 3.63) is 52.4 Å². The summed E-state index contributed by atoms with van der Waals surface area (Å²) in [5, 5.41) is 9.58. The number of sulfonamides is 1. The molecule has 0 atom stereocenters. The molecule has 0 bridgehead atoms. The number of aryl methyl sites for hydroxylation is 1. The number of phenols is 1. The second-order valence-electron chi connectivity index (χ2n) is 4.51. The van der Waals surface area contributed by atoms with Gasteiger partial charge in [-0.2, -0.15) is 0 Å². The van der Waals surface area contributed by atoms with E-state index in [1.807, 2.05) is 0 Å². The molecule has 0 unspecified atom stereocenters. The zero-order valence-corrected chi connectivity index (χ0v) is 12.5. The molecule has 2 aromatic rings. The second kappa shape index (κ2) is 5.61. The van der Waals surface area contributed by atoms with Crippen LogP contribution in [0.5, 0.6) is 5.75 Å². The van der Waals surface area contributed by atoms with E-state index in [1.165, 1.54) is 24.5 Å². The highest BCUT2D eigenvalue weighted by atomic mass is 32.2. The maximum Gasteiger partial charge on any atom is 0.269 e. The van der Waals surface area contributed by atoms with Crippen LogP contribution in [0.25, 0.3) is 0 Å². The molecule has 112 valence electrons. The number of rotatable bonds is 4. The third kappa shape index (κ3) is 2.78. The topological polar surface area (TPSA) is 90.5 Å². The van der Waals surface area contributed by atoms with E-state index in [-0.39, 0.29) is 17.2 Å². The number of hydrogen-bond acceptors (Lipinski definition) is 4. The van der Waals surface area contributed by atoms with Crippen molar-refractivity contribution in [3.8, 4) is 5.75 Å². The van der Waals surface area contributed by atoms with Gasteiger partial charge in [0.05, 0.1) is 5.69 Å². The van der Waals surface area contributed by atoms with Crippen LogP contribution in [0.15, 0.2) is 46.3 Å². The van der Waals surface area contributed by atoms with Gasteiger partial charge in [-0.05, 0) is 25.5 Å². The van der Waals surface area contributed by atoms with Gasteiger partial charge < -0.3 is 10.1 Å². The molecular weight excluding hydrogens is 292 g/mol. The van der Waals surface area contributed by atoms with Gasteiger partial charge in [-0.25, -0.2) is 8.42 Å². The van der Waals surface area contributed by atoms with E-state index in [2.05, 4.69) is 4.98 Å². The van der Waals surface area contributed by atoms with Crippen LogP contribution in [-0.4, -0.2) is 25.1 Å². The molecule has 0 aliphatic rings. The molecule has 0 amide bonds. The molecular formula is C14H16N2O4S. The first-order valence-electron chi connectivity index (χ1n) is 6.37. The van der Waals surface area contributed by atoms with Gasteiger partial charge in [0.25, 0.3) is 10.0 Å². The molecule has 0 radical (unpaired) electrons. The van der Waals surface area contributed by atoms with Crippen LogP contribution in [0, 0.1) is 6.92 Å². The average molecular weight is 308 g/mol. The number of phenolic OH excluding ortho intramolecular Hbond substituents is 1. The van der Waals surface area contributed by atoms with Gasteiger partial charge in [0.2, 0.25) is 5.43 Å². The first-order valence-corrected chi connectivity index (χ1v) is 7.81. The maximum absolute atomic E-state index is 12.7. The van der Waals surface area contributed by atoms with E-state index in [9.17, 15) is 18.3 Å². The molecule has 1 aromatic carbocycles. The molecule has 2 N–H and O–H groups in total. The molecule has 0 saturated carbocycles. The normalized spacial score (nSPS) is 11.3. The van der Waals surface area contributed by atoms with Crippen LogP contribution in [0.2, 0.25) is 0 Å². The van der Waals surface area contributed by atoms with Gasteiger partial charge in [-0.3, -0.25) is 9.10 Å². The fraction of sp³-hybridized carbons (Fsp3) is 0.214. The molecule has 0 aliphatic heterocycles. The van der Waals surface area contributed by atoms with Crippen LogP contribution < -0.4 is 9.73 Å². The fourth-order valence-electron chi connectivity index (χ4n) is 2.06. The number of aromatic nitrogens is 1. The molecule has 1 aromatic heterocycles. The predicted octanol–water partition coefficient (Wildman–Crippen LogP) is 1.60. The van der Waals surface area contributed by atoms with Crippen molar-refractivity contribution in [3.63, 3.8) is 0 Å². The van der Waals surface area contributed by atoms with Crippen molar-refractivity contribution < 1.29 is 13.5 Å². The first kappa shape index (κ1) is 15.1. The summed E-state index contributed by atoms with van der Waals surface area (Å²) in [6.07, 6.45) is 2.54. The van der Waals surface area contributed by atoms with Gasteiger partial charge in [0.1, 0.15) is 5.75 Å². The van der Waals surface area contributed by atoms with Gasteiger partial charge in [0.15, 0.2) is 4.90 Å². The summed E-state index contributed by atoms with van der Waals surface area (Å²) in [6, 6.07) is 5.64. The summed E-state index contributed by atoms with van der Waals surface area (Å²) < 4.78 is 26.4. The summed E-state index contributed by atoms with van der Waals surface area (Å²) in [5.41, 5.74) is 0.455. The smallest absolute Gasteiger partial charge is 0.269 e. The number of aromatic amines is 1. The Labute approximate surface area is 122 Å². The summed E-state index contributed by atoms with van der Waals surface area (Å²) in [4.78, 5) is 14.1. The molecule has 0 fully saturated rings. The minimum atomic E-state index is -4.00.